The summed E-state index contributed by atoms with van der Waals surface area (Å²) in [6.07, 6.45) is 0. The van der Waals surface area contributed by atoms with Gasteiger partial charge in [0.1, 0.15) is 4.92 Å². The number of anilines is 2. The van der Waals surface area contributed by atoms with Gasteiger partial charge in [0.2, 0.25) is 0 Å². The summed E-state index contributed by atoms with van der Waals surface area (Å²) < 4.78 is -0.444. The molecule has 1 rings (SSSR count). The summed E-state index contributed by atoms with van der Waals surface area (Å²) in [4.78, 5) is 21.3. The molecule has 15 heavy (non-hydrogen) atoms. The molecule has 0 fully saturated rings. The molecule has 0 atom stereocenters. The number of nitrogens with two attached hydrogens (primary N) is 2. The predicted molar refractivity (Wildman–Crippen MR) is 45.3 cm³/mol. The Hall–Kier alpha value is -2.72. The Kier molecular flexibility index (Phi) is 2.22. The first-order valence-electron chi connectivity index (χ1n) is 3.33. The van der Waals surface area contributed by atoms with Gasteiger partial charge in [-0.05, 0) is 4.92 Å². The van der Waals surface area contributed by atoms with E-state index < -0.39 is 37.8 Å². The maximum absolute atomic E-state index is 11.1. The van der Waals surface area contributed by atoms with Crippen LogP contribution in [0.15, 0.2) is 0 Å². The second kappa shape index (κ2) is 3.21. The highest BCUT2D eigenvalue weighted by Gasteiger charge is 2.41. The van der Waals surface area contributed by atoms with E-state index in [4.69, 9.17) is 11.5 Å². The van der Waals surface area contributed by atoms with E-state index in [1.165, 1.54) is 0 Å². The Balaban J connectivity index is 3.65. The number of hydrogen-bond donors (Lipinski definition) is 2. The molecule has 0 unspecified atom stereocenters. The summed E-state index contributed by atoms with van der Waals surface area (Å²) in [5.41, 5.74) is 10.1. The molecule has 11 nitrogen and oxygen atoms in total. The highest BCUT2D eigenvalue weighted by atomic mass is 16.6. The fourth-order valence-corrected chi connectivity index (χ4v) is 0.809. The number of rotatable bonds is 2. The number of nitrogens with zero attached hydrogens (tertiary/aromatic N) is 4. The minimum atomic E-state index is -1.37. The second-order valence-corrected chi connectivity index (χ2v) is 2.34. The van der Waals surface area contributed by atoms with Crippen LogP contribution in [0.3, 0.4) is 0 Å². The molecule has 0 aliphatic heterocycles. The fraction of sp³-hybridized carbons (Fsp3) is 0. The van der Waals surface area contributed by atoms with E-state index in [1.807, 2.05) is 0 Å². The standard InChI is InChI=1S/C4H4N6O5/c5-1-2(6)8(11)4(10(14)15)3(7-1)9(12)13/h6H2,(H2,5,7). The Morgan fingerprint density at radius 2 is 1.73 bits per heavy atom. The summed E-state index contributed by atoms with van der Waals surface area (Å²) in [5.74, 6) is -4.01. The zero-order chi connectivity index (χ0) is 11.7. The van der Waals surface area contributed by atoms with Crippen LogP contribution in [0.1, 0.15) is 0 Å². The second-order valence-electron chi connectivity index (χ2n) is 2.34. The van der Waals surface area contributed by atoms with Gasteiger partial charge >= 0.3 is 23.3 Å². The lowest BCUT2D eigenvalue weighted by atomic mass is 10.5. The molecular formula is C4H4N6O5. The van der Waals surface area contributed by atoms with Crippen molar-refractivity contribution in [2.45, 2.75) is 0 Å². The van der Waals surface area contributed by atoms with Gasteiger partial charge in [0.15, 0.2) is 0 Å². The van der Waals surface area contributed by atoms with Gasteiger partial charge in [-0.2, -0.15) is 0 Å². The smallest absolute Gasteiger partial charge is 0.612 e. The zero-order valence-corrected chi connectivity index (χ0v) is 6.98. The van der Waals surface area contributed by atoms with Crippen LogP contribution in [0, 0.1) is 25.4 Å². The average Bonchev–Trinajstić information content (AvgIpc) is 2.12. The molecular weight excluding hydrogens is 212 g/mol. The van der Waals surface area contributed by atoms with Crippen molar-refractivity contribution in [2.75, 3.05) is 11.5 Å². The van der Waals surface area contributed by atoms with Crippen molar-refractivity contribution in [1.29, 1.82) is 0 Å². The lowest BCUT2D eigenvalue weighted by molar-refractivity contribution is -0.658. The molecule has 0 spiro atoms. The van der Waals surface area contributed by atoms with E-state index in [2.05, 4.69) is 4.98 Å². The van der Waals surface area contributed by atoms with Crippen molar-refractivity contribution >= 4 is 23.3 Å². The van der Waals surface area contributed by atoms with Crippen LogP contribution >= 0.6 is 0 Å². The third-order valence-electron chi connectivity index (χ3n) is 1.45. The quantitative estimate of drug-likeness (QED) is 0.264. The molecule has 11 heteroatoms. The maximum Gasteiger partial charge on any atom is 0.613 e. The molecule has 0 bridgehead atoms. The van der Waals surface area contributed by atoms with E-state index in [9.17, 15) is 25.4 Å². The molecule has 0 aromatic carbocycles. The Labute approximate surface area is 80.8 Å². The molecule has 1 aromatic heterocycles. The Morgan fingerprint density at radius 3 is 2.13 bits per heavy atom. The average molecular weight is 216 g/mol. The van der Waals surface area contributed by atoms with Crippen molar-refractivity contribution in [3.63, 3.8) is 0 Å². The van der Waals surface area contributed by atoms with Gasteiger partial charge in [0, 0.05) is 4.98 Å². The molecule has 0 saturated carbocycles. The van der Waals surface area contributed by atoms with Gasteiger partial charge in [-0.3, -0.25) is 10.1 Å². The molecule has 0 saturated heterocycles. The molecule has 4 N–H and O–H groups in total. The monoisotopic (exact) mass is 216 g/mol. The normalized spacial score (nSPS) is 9.87. The van der Waals surface area contributed by atoms with Gasteiger partial charge in [-0.25, -0.2) is 0 Å². The van der Waals surface area contributed by atoms with Gasteiger partial charge in [0.05, 0.1) is 0 Å². The zero-order valence-electron chi connectivity index (χ0n) is 6.98. The summed E-state index contributed by atoms with van der Waals surface area (Å²) in [6, 6.07) is 0. The minimum Gasteiger partial charge on any atom is -0.612 e. The summed E-state index contributed by atoms with van der Waals surface area (Å²) >= 11 is 0. The molecule has 0 amide bonds. The summed E-state index contributed by atoms with van der Waals surface area (Å²) in [5, 5.41) is 31.8. The highest BCUT2D eigenvalue weighted by molar-refractivity contribution is 5.53. The maximum atomic E-state index is 11.1. The van der Waals surface area contributed by atoms with Gasteiger partial charge in [-0.15, -0.1) is 0 Å². The number of nitro groups is 2. The molecule has 80 valence electrons. The van der Waals surface area contributed by atoms with Gasteiger partial charge in [-0.1, -0.05) is 4.73 Å². The molecule has 0 radical (unpaired) electrons. The molecule has 0 aliphatic rings. The van der Waals surface area contributed by atoms with Gasteiger partial charge in [0.25, 0.3) is 0 Å². The first kappa shape index (κ1) is 10.4. The van der Waals surface area contributed by atoms with Crippen molar-refractivity contribution < 1.29 is 14.6 Å². The van der Waals surface area contributed by atoms with Crippen LogP contribution in [0.5, 0.6) is 0 Å². The van der Waals surface area contributed by atoms with Crippen molar-refractivity contribution in [1.82, 2.24) is 4.98 Å². The SMILES string of the molecule is Nc1nc([N+](=O)[O-])c([N+](=O)[O-])[n+]([O-])c1N. The largest absolute Gasteiger partial charge is 0.613 e. The molecule has 1 aromatic rings. The predicted octanol–water partition coefficient (Wildman–Crippen LogP) is -1.30. The van der Waals surface area contributed by atoms with Crippen molar-refractivity contribution in [3.8, 4) is 0 Å². The van der Waals surface area contributed by atoms with E-state index in [-0.39, 0.29) is 0 Å². The fourth-order valence-electron chi connectivity index (χ4n) is 0.809. The number of aromatic nitrogens is 2. The van der Waals surface area contributed by atoms with Crippen LogP contribution in [0.4, 0.5) is 23.3 Å². The minimum absolute atomic E-state index is 0.444. The third kappa shape index (κ3) is 1.52. The Bertz CT molecular complexity index is 457. The first-order valence-corrected chi connectivity index (χ1v) is 3.33. The third-order valence-corrected chi connectivity index (χ3v) is 1.45. The highest BCUT2D eigenvalue weighted by Crippen LogP contribution is 2.23. The van der Waals surface area contributed by atoms with E-state index >= 15 is 0 Å². The van der Waals surface area contributed by atoms with Crippen LogP contribution in [0.25, 0.3) is 0 Å². The van der Waals surface area contributed by atoms with E-state index in [0.717, 1.165) is 0 Å². The Morgan fingerprint density at radius 1 is 1.20 bits per heavy atom. The van der Waals surface area contributed by atoms with Crippen LogP contribution in [-0.4, -0.2) is 14.8 Å². The van der Waals surface area contributed by atoms with Crippen molar-refractivity contribution in [3.05, 3.63) is 25.4 Å². The topological polar surface area (TPSA) is 178 Å². The summed E-state index contributed by atoms with van der Waals surface area (Å²) in [7, 11) is 0. The number of nitrogen functional groups attached to an aromatic ring is 2. The van der Waals surface area contributed by atoms with Crippen LogP contribution in [-0.2, 0) is 0 Å². The van der Waals surface area contributed by atoms with E-state index in [0.29, 0.717) is 0 Å². The van der Waals surface area contributed by atoms with Gasteiger partial charge < -0.3 is 26.8 Å². The van der Waals surface area contributed by atoms with Crippen LogP contribution in [0.2, 0.25) is 0 Å². The lowest BCUT2D eigenvalue weighted by Gasteiger charge is -2.00. The first-order chi connectivity index (χ1) is 6.86. The van der Waals surface area contributed by atoms with Crippen molar-refractivity contribution in [2.24, 2.45) is 0 Å². The molecule has 1 heterocycles. The molecule has 0 aliphatic carbocycles. The number of hydrogen-bond acceptors (Lipinski definition) is 8. The van der Waals surface area contributed by atoms with Crippen LogP contribution < -0.4 is 16.2 Å². The lowest BCUT2D eigenvalue weighted by Crippen LogP contribution is -2.36. The van der Waals surface area contributed by atoms with E-state index in [1.54, 1.807) is 0 Å². The summed E-state index contributed by atoms with van der Waals surface area (Å²) in [6.45, 7) is 0.